The molecule has 0 aliphatic carbocycles. The van der Waals surface area contributed by atoms with Crippen molar-refractivity contribution >= 4 is 28.3 Å². The van der Waals surface area contributed by atoms with Crippen LogP contribution in [-0.2, 0) is 9.59 Å². The zero-order chi connectivity index (χ0) is 10.8. The number of piperidine rings is 1. The second-order valence-corrected chi connectivity index (χ2v) is 4.30. The van der Waals surface area contributed by atoms with E-state index in [4.69, 9.17) is 0 Å². The highest BCUT2D eigenvalue weighted by atomic mass is 32.1. The molecular formula is C9H11N3O2S. The Balaban J connectivity index is 2.00. The number of nitrogens with one attached hydrogen (secondary N) is 2. The number of amides is 2. The minimum Gasteiger partial charge on any atom is -0.350 e. The van der Waals surface area contributed by atoms with Gasteiger partial charge in [-0.3, -0.25) is 14.9 Å². The maximum Gasteiger partial charge on any atom is 0.249 e. The van der Waals surface area contributed by atoms with E-state index in [1.807, 2.05) is 12.3 Å². The maximum absolute atomic E-state index is 11.4. The van der Waals surface area contributed by atoms with Crippen LogP contribution in [0, 0.1) is 6.92 Å². The minimum absolute atomic E-state index is 0.201. The first-order valence-electron chi connectivity index (χ1n) is 4.67. The normalized spacial score (nSPS) is 21.3. The zero-order valence-corrected chi connectivity index (χ0v) is 9.06. The highest BCUT2D eigenvalue weighted by molar-refractivity contribution is 7.13. The van der Waals surface area contributed by atoms with Crippen LogP contribution in [0.4, 0.5) is 5.13 Å². The highest BCUT2D eigenvalue weighted by Gasteiger charge is 2.26. The molecule has 1 aliphatic rings. The number of anilines is 1. The molecule has 0 bridgehead atoms. The van der Waals surface area contributed by atoms with Gasteiger partial charge in [0, 0.05) is 11.8 Å². The summed E-state index contributed by atoms with van der Waals surface area (Å²) < 4.78 is 0. The molecule has 5 nitrogen and oxygen atoms in total. The van der Waals surface area contributed by atoms with Crippen LogP contribution in [0.2, 0.25) is 0 Å². The molecule has 1 fully saturated rings. The summed E-state index contributed by atoms with van der Waals surface area (Å²) in [5.41, 5.74) is 0.926. The smallest absolute Gasteiger partial charge is 0.249 e. The van der Waals surface area contributed by atoms with Gasteiger partial charge in [0.25, 0.3) is 0 Å². The van der Waals surface area contributed by atoms with E-state index >= 15 is 0 Å². The Bertz CT molecular complexity index is 402. The summed E-state index contributed by atoms with van der Waals surface area (Å²) in [7, 11) is 0. The molecule has 1 atom stereocenters. The van der Waals surface area contributed by atoms with Crippen LogP contribution in [-0.4, -0.2) is 22.8 Å². The molecule has 1 aliphatic heterocycles. The molecule has 6 heteroatoms. The molecule has 2 heterocycles. The van der Waals surface area contributed by atoms with E-state index in [0.29, 0.717) is 12.8 Å². The fourth-order valence-corrected chi connectivity index (χ4v) is 2.14. The molecule has 2 amide bonds. The molecule has 1 aromatic heterocycles. The number of hydrogen-bond acceptors (Lipinski definition) is 5. The van der Waals surface area contributed by atoms with Gasteiger partial charge in [0.15, 0.2) is 5.13 Å². The van der Waals surface area contributed by atoms with Gasteiger partial charge in [-0.2, -0.15) is 0 Å². The van der Waals surface area contributed by atoms with Crippen molar-refractivity contribution in [2.24, 2.45) is 0 Å². The average Bonchev–Trinajstić information content (AvgIpc) is 2.56. The molecule has 0 saturated carbocycles. The monoisotopic (exact) mass is 225 g/mol. The first kappa shape index (κ1) is 10.1. The van der Waals surface area contributed by atoms with Crippen LogP contribution in [0.5, 0.6) is 0 Å². The lowest BCUT2D eigenvalue weighted by Gasteiger charge is -2.21. The topological polar surface area (TPSA) is 71.1 Å². The molecule has 0 spiro atoms. The van der Waals surface area contributed by atoms with Gasteiger partial charge in [0.05, 0.1) is 5.69 Å². The summed E-state index contributed by atoms with van der Waals surface area (Å²) in [5.74, 6) is -0.465. The third-order valence-corrected chi connectivity index (χ3v) is 3.05. The summed E-state index contributed by atoms with van der Waals surface area (Å²) in [5, 5.41) is 7.94. The Labute approximate surface area is 90.9 Å². The Hall–Kier alpha value is -1.43. The van der Waals surface area contributed by atoms with Crippen LogP contribution < -0.4 is 10.6 Å². The third-order valence-electron chi connectivity index (χ3n) is 2.16. The average molecular weight is 225 g/mol. The number of hydrogen-bond donors (Lipinski definition) is 2. The largest absolute Gasteiger partial charge is 0.350 e. The summed E-state index contributed by atoms with van der Waals surface area (Å²) in [6.07, 6.45) is 0.914. The van der Waals surface area contributed by atoms with E-state index in [9.17, 15) is 9.59 Å². The molecule has 0 aromatic carbocycles. The number of imide groups is 1. The number of thiazole rings is 1. The molecule has 15 heavy (non-hydrogen) atoms. The van der Waals surface area contributed by atoms with Gasteiger partial charge in [-0.15, -0.1) is 11.3 Å². The lowest BCUT2D eigenvalue weighted by molar-refractivity contribution is -0.133. The number of aryl methyl sites for hydroxylation is 1. The zero-order valence-electron chi connectivity index (χ0n) is 8.24. The Morgan fingerprint density at radius 1 is 1.60 bits per heavy atom. The maximum atomic E-state index is 11.4. The fourth-order valence-electron chi connectivity index (χ4n) is 1.40. The Kier molecular flexibility index (Phi) is 2.68. The molecule has 1 saturated heterocycles. The summed E-state index contributed by atoms with van der Waals surface area (Å²) in [4.78, 5) is 26.5. The predicted octanol–water partition coefficient (Wildman–Crippen LogP) is 0.669. The van der Waals surface area contributed by atoms with Crippen molar-refractivity contribution in [1.82, 2.24) is 10.3 Å². The van der Waals surface area contributed by atoms with Crippen molar-refractivity contribution in [3.63, 3.8) is 0 Å². The number of carbonyl (C=O) groups excluding carboxylic acids is 2. The second-order valence-electron chi connectivity index (χ2n) is 3.44. The van der Waals surface area contributed by atoms with Gasteiger partial charge in [0.1, 0.15) is 6.04 Å². The number of rotatable bonds is 2. The van der Waals surface area contributed by atoms with E-state index in [-0.39, 0.29) is 17.9 Å². The van der Waals surface area contributed by atoms with Gasteiger partial charge < -0.3 is 5.32 Å². The highest BCUT2D eigenvalue weighted by Crippen LogP contribution is 2.18. The third kappa shape index (κ3) is 2.33. The predicted molar refractivity (Wildman–Crippen MR) is 56.6 cm³/mol. The summed E-state index contributed by atoms with van der Waals surface area (Å²) in [6.45, 7) is 1.89. The van der Waals surface area contributed by atoms with Crippen LogP contribution in [0.1, 0.15) is 18.5 Å². The first-order valence-corrected chi connectivity index (χ1v) is 5.55. The quantitative estimate of drug-likeness (QED) is 0.726. The Morgan fingerprint density at radius 3 is 3.00 bits per heavy atom. The summed E-state index contributed by atoms with van der Waals surface area (Å²) >= 11 is 1.46. The van der Waals surface area contributed by atoms with Crippen molar-refractivity contribution in [2.75, 3.05) is 5.32 Å². The van der Waals surface area contributed by atoms with Crippen LogP contribution in [0.3, 0.4) is 0 Å². The van der Waals surface area contributed by atoms with Crippen molar-refractivity contribution in [3.8, 4) is 0 Å². The molecule has 2 rings (SSSR count). The second kappa shape index (κ2) is 3.98. The van der Waals surface area contributed by atoms with Gasteiger partial charge in [-0.05, 0) is 13.3 Å². The van der Waals surface area contributed by atoms with E-state index < -0.39 is 0 Å². The molecule has 1 unspecified atom stereocenters. The van der Waals surface area contributed by atoms with E-state index in [1.54, 1.807) is 0 Å². The van der Waals surface area contributed by atoms with Crippen LogP contribution >= 0.6 is 11.3 Å². The summed E-state index contributed by atoms with van der Waals surface area (Å²) in [6, 6.07) is -0.340. The molecule has 1 aromatic rings. The van der Waals surface area contributed by atoms with Crippen LogP contribution in [0.25, 0.3) is 0 Å². The molecule has 80 valence electrons. The van der Waals surface area contributed by atoms with Crippen molar-refractivity contribution in [2.45, 2.75) is 25.8 Å². The fraction of sp³-hybridized carbons (Fsp3) is 0.444. The SMILES string of the molecule is Cc1csc(NC2CCC(=O)NC2=O)n1. The number of aromatic nitrogens is 1. The lowest BCUT2D eigenvalue weighted by atomic mass is 10.1. The number of nitrogens with zero attached hydrogens (tertiary/aromatic N) is 1. The van der Waals surface area contributed by atoms with E-state index in [0.717, 1.165) is 10.8 Å². The minimum atomic E-state index is -0.340. The van der Waals surface area contributed by atoms with Crippen LogP contribution in [0.15, 0.2) is 5.38 Å². The molecular weight excluding hydrogens is 214 g/mol. The van der Waals surface area contributed by atoms with E-state index in [1.165, 1.54) is 11.3 Å². The van der Waals surface area contributed by atoms with Crippen molar-refractivity contribution in [3.05, 3.63) is 11.1 Å². The van der Waals surface area contributed by atoms with Gasteiger partial charge in [-0.25, -0.2) is 4.98 Å². The Morgan fingerprint density at radius 2 is 2.40 bits per heavy atom. The van der Waals surface area contributed by atoms with Crippen molar-refractivity contribution < 1.29 is 9.59 Å². The molecule has 0 radical (unpaired) electrons. The van der Waals surface area contributed by atoms with E-state index in [2.05, 4.69) is 15.6 Å². The standard InChI is InChI=1S/C9H11N3O2S/c1-5-4-15-9(10-5)11-6-2-3-7(13)12-8(6)14/h4,6H,2-3H2,1H3,(H,10,11)(H,12,13,14). The van der Waals surface area contributed by atoms with Crippen molar-refractivity contribution in [1.29, 1.82) is 0 Å². The molecule has 2 N–H and O–H groups in total. The lowest BCUT2D eigenvalue weighted by Crippen LogP contribution is -2.47. The van der Waals surface area contributed by atoms with Gasteiger partial charge in [-0.1, -0.05) is 0 Å². The first-order chi connectivity index (χ1) is 7.15. The number of carbonyl (C=O) groups is 2. The van der Waals surface area contributed by atoms with Gasteiger partial charge >= 0.3 is 0 Å². The van der Waals surface area contributed by atoms with Gasteiger partial charge in [0.2, 0.25) is 11.8 Å².